The van der Waals surface area contributed by atoms with Crippen molar-refractivity contribution in [3.63, 3.8) is 0 Å². The average molecular weight is 1300 g/mol. The summed E-state index contributed by atoms with van der Waals surface area (Å²) in [6, 6.07) is 0. The monoisotopic (exact) mass is 1300 g/mol. The maximum atomic E-state index is 13.0. The molecular formula is C69H134O17P2. The number of aliphatic hydroxyl groups is 1. The van der Waals surface area contributed by atoms with Crippen molar-refractivity contribution >= 4 is 39.5 Å². The molecule has 0 aliphatic rings. The summed E-state index contributed by atoms with van der Waals surface area (Å²) in [5, 5.41) is 10.6. The van der Waals surface area contributed by atoms with Gasteiger partial charge in [-0.3, -0.25) is 37.3 Å². The first kappa shape index (κ1) is 86.1. The molecule has 0 aromatic heterocycles. The number of aliphatic hydroxyl groups excluding tert-OH is 1. The van der Waals surface area contributed by atoms with Gasteiger partial charge in [-0.05, 0) is 49.4 Å². The molecule has 0 aliphatic carbocycles. The normalized spacial score (nSPS) is 14.9. The SMILES string of the molecule is CCC(C)CCCCCCCCCCCCC(=O)O[C@H](COC(=O)CCCCCCCCCC(C)C)COP(=O)(O)OC[C@@H](O)COP(=O)(O)OC[C@@H](COC(=O)CCCCCCCCC(C)CC)OC(=O)CCCCCCCCCCCCCC(C)C. The Kier molecular flexibility index (Phi) is 57.6. The van der Waals surface area contributed by atoms with E-state index in [1.807, 2.05) is 0 Å². The molecule has 0 aromatic carbocycles. The number of esters is 4. The Bertz CT molecular complexity index is 1750. The number of ether oxygens (including phenoxy) is 4. The summed E-state index contributed by atoms with van der Waals surface area (Å²) >= 11 is 0. The Morgan fingerprint density at radius 3 is 0.807 bits per heavy atom. The third-order valence-electron chi connectivity index (χ3n) is 16.5. The van der Waals surface area contributed by atoms with Gasteiger partial charge >= 0.3 is 39.5 Å². The largest absolute Gasteiger partial charge is 0.472 e. The molecular weight excluding hydrogens is 1160 g/mol. The topological polar surface area (TPSA) is 237 Å². The van der Waals surface area contributed by atoms with Crippen LogP contribution in [0.2, 0.25) is 0 Å². The van der Waals surface area contributed by atoms with Crippen LogP contribution in [0.3, 0.4) is 0 Å². The highest BCUT2D eigenvalue weighted by atomic mass is 31.2. The second kappa shape index (κ2) is 58.8. The molecule has 0 radical (unpaired) electrons. The number of phosphoric acid groups is 2. The Labute approximate surface area is 537 Å². The Balaban J connectivity index is 5.26. The van der Waals surface area contributed by atoms with Crippen molar-refractivity contribution in [2.45, 2.75) is 356 Å². The highest BCUT2D eigenvalue weighted by Gasteiger charge is 2.30. The molecule has 0 saturated heterocycles. The maximum Gasteiger partial charge on any atom is 0.472 e. The van der Waals surface area contributed by atoms with Crippen LogP contribution in [-0.4, -0.2) is 96.7 Å². The summed E-state index contributed by atoms with van der Waals surface area (Å²) in [4.78, 5) is 72.5. The number of phosphoric ester groups is 2. The average Bonchev–Trinajstić information content (AvgIpc) is 3.45. The van der Waals surface area contributed by atoms with Gasteiger partial charge in [0.05, 0.1) is 26.4 Å². The molecule has 7 atom stereocenters. The smallest absolute Gasteiger partial charge is 0.462 e. The Hall–Kier alpha value is -1.94. The first-order valence-electron chi connectivity index (χ1n) is 35.8. The summed E-state index contributed by atoms with van der Waals surface area (Å²) in [7, 11) is -9.90. The first-order chi connectivity index (χ1) is 42.2. The van der Waals surface area contributed by atoms with E-state index >= 15 is 0 Å². The van der Waals surface area contributed by atoms with Gasteiger partial charge in [0.15, 0.2) is 12.2 Å². The number of carbonyl (C=O) groups is 4. The molecule has 3 N–H and O–H groups in total. The molecule has 17 nitrogen and oxygen atoms in total. The third-order valence-corrected chi connectivity index (χ3v) is 18.4. The van der Waals surface area contributed by atoms with Crippen molar-refractivity contribution < 1.29 is 80.2 Å². The van der Waals surface area contributed by atoms with Crippen LogP contribution in [0.15, 0.2) is 0 Å². The van der Waals surface area contributed by atoms with Gasteiger partial charge in [-0.25, -0.2) is 9.13 Å². The fourth-order valence-electron chi connectivity index (χ4n) is 10.2. The standard InChI is InChI=1S/C69H134O17P2/c1-9-61(7)47-39-31-23-17-14-15-19-25-36-44-52-69(74)85-64(55-79-66(71)49-41-33-26-20-22-30-38-46-60(5)6)57-83-87(75,76)81-53-63(70)54-82-88(77,78)84-58-65(56-80-67(72)50-42-34-28-27-32-40-48-62(8)10-2)86-68(73)51-43-35-24-18-13-11-12-16-21-29-37-45-59(3)4/h59-65,70H,9-58H2,1-8H3,(H,75,76)(H,77,78)/t61?,62?,63-,64-,65-/m1/s1. The van der Waals surface area contributed by atoms with Gasteiger partial charge in [0.1, 0.15) is 19.3 Å². The van der Waals surface area contributed by atoms with E-state index in [0.717, 1.165) is 120 Å². The highest BCUT2D eigenvalue weighted by molar-refractivity contribution is 7.47. The van der Waals surface area contributed by atoms with Crippen molar-refractivity contribution in [3.05, 3.63) is 0 Å². The van der Waals surface area contributed by atoms with E-state index in [1.165, 1.54) is 128 Å². The Morgan fingerprint density at radius 1 is 0.318 bits per heavy atom. The van der Waals surface area contributed by atoms with Crippen molar-refractivity contribution in [1.82, 2.24) is 0 Å². The second-order valence-electron chi connectivity index (χ2n) is 26.4. The summed E-state index contributed by atoms with van der Waals surface area (Å²) in [5.41, 5.74) is 0. The highest BCUT2D eigenvalue weighted by Crippen LogP contribution is 2.45. The zero-order valence-electron chi connectivity index (χ0n) is 57.3. The lowest BCUT2D eigenvalue weighted by molar-refractivity contribution is -0.161. The minimum Gasteiger partial charge on any atom is -0.462 e. The molecule has 19 heteroatoms. The molecule has 0 bridgehead atoms. The minimum absolute atomic E-state index is 0.105. The van der Waals surface area contributed by atoms with Crippen molar-refractivity contribution in [2.75, 3.05) is 39.6 Å². The van der Waals surface area contributed by atoms with Gasteiger partial charge in [0.2, 0.25) is 0 Å². The van der Waals surface area contributed by atoms with Gasteiger partial charge in [-0.15, -0.1) is 0 Å². The molecule has 0 spiro atoms. The molecule has 0 heterocycles. The fourth-order valence-corrected chi connectivity index (χ4v) is 11.8. The van der Waals surface area contributed by atoms with Crippen LogP contribution in [0.4, 0.5) is 0 Å². The van der Waals surface area contributed by atoms with Crippen LogP contribution in [0.1, 0.15) is 338 Å². The number of rotatable bonds is 66. The molecule has 88 heavy (non-hydrogen) atoms. The fraction of sp³-hybridized carbons (Fsp3) is 0.942. The molecule has 0 rings (SSSR count). The summed E-state index contributed by atoms with van der Waals surface area (Å²) in [5.74, 6) is 0.872. The van der Waals surface area contributed by atoms with Gasteiger partial charge in [-0.2, -0.15) is 0 Å². The molecule has 0 fully saturated rings. The number of unbranched alkanes of at least 4 members (excludes halogenated alkanes) is 30. The predicted octanol–water partition coefficient (Wildman–Crippen LogP) is 19.3. The van der Waals surface area contributed by atoms with Gasteiger partial charge in [-0.1, -0.05) is 287 Å². The van der Waals surface area contributed by atoms with Crippen LogP contribution < -0.4 is 0 Å². The van der Waals surface area contributed by atoms with Crippen molar-refractivity contribution in [1.29, 1.82) is 0 Å². The molecule has 0 aromatic rings. The summed E-state index contributed by atoms with van der Waals surface area (Å²) in [6.07, 6.45) is 40.3. The maximum absolute atomic E-state index is 13.0. The van der Waals surface area contributed by atoms with Crippen LogP contribution in [0, 0.1) is 23.7 Å². The van der Waals surface area contributed by atoms with E-state index in [-0.39, 0.29) is 25.7 Å². The minimum atomic E-state index is -4.95. The van der Waals surface area contributed by atoms with Crippen LogP contribution in [0.25, 0.3) is 0 Å². The van der Waals surface area contributed by atoms with Gasteiger partial charge in [0.25, 0.3) is 0 Å². The van der Waals surface area contributed by atoms with Crippen LogP contribution >= 0.6 is 15.6 Å². The first-order valence-corrected chi connectivity index (χ1v) is 38.8. The number of hydrogen-bond acceptors (Lipinski definition) is 15. The van der Waals surface area contributed by atoms with Crippen molar-refractivity contribution in [3.8, 4) is 0 Å². The molecule has 0 amide bonds. The summed E-state index contributed by atoms with van der Waals surface area (Å²) in [6.45, 7) is 14.1. The van der Waals surface area contributed by atoms with E-state index in [4.69, 9.17) is 37.0 Å². The lowest BCUT2D eigenvalue weighted by Gasteiger charge is -2.21. The zero-order chi connectivity index (χ0) is 65.4. The summed E-state index contributed by atoms with van der Waals surface area (Å²) < 4.78 is 68.2. The van der Waals surface area contributed by atoms with Gasteiger partial charge < -0.3 is 33.8 Å². The van der Waals surface area contributed by atoms with Crippen LogP contribution in [-0.2, 0) is 65.4 Å². The molecule has 0 saturated carbocycles. The van der Waals surface area contributed by atoms with E-state index < -0.39 is 97.5 Å². The van der Waals surface area contributed by atoms with Crippen LogP contribution in [0.5, 0.6) is 0 Å². The number of hydrogen-bond donors (Lipinski definition) is 3. The molecule has 522 valence electrons. The number of carbonyl (C=O) groups excluding carboxylic acids is 4. The lowest BCUT2D eigenvalue weighted by Crippen LogP contribution is -2.30. The van der Waals surface area contributed by atoms with Gasteiger partial charge in [0, 0.05) is 25.7 Å². The molecule has 4 unspecified atom stereocenters. The third kappa shape index (κ3) is 60.3. The lowest BCUT2D eigenvalue weighted by atomic mass is 9.99. The van der Waals surface area contributed by atoms with E-state index in [2.05, 4.69) is 55.4 Å². The quantitative estimate of drug-likeness (QED) is 0.0222. The Morgan fingerprint density at radius 2 is 0.545 bits per heavy atom. The van der Waals surface area contributed by atoms with E-state index in [0.29, 0.717) is 31.6 Å². The molecule has 0 aliphatic heterocycles. The van der Waals surface area contributed by atoms with Crippen molar-refractivity contribution in [2.24, 2.45) is 23.7 Å². The van der Waals surface area contributed by atoms with E-state index in [1.54, 1.807) is 0 Å². The zero-order valence-corrected chi connectivity index (χ0v) is 59.1. The second-order valence-corrected chi connectivity index (χ2v) is 29.3. The predicted molar refractivity (Wildman–Crippen MR) is 354 cm³/mol. The van der Waals surface area contributed by atoms with E-state index in [9.17, 15) is 43.2 Å².